The van der Waals surface area contributed by atoms with E-state index in [2.05, 4.69) is 6.92 Å². The van der Waals surface area contributed by atoms with Crippen molar-refractivity contribution >= 4 is 11.8 Å². The maximum absolute atomic E-state index is 12.3. The highest BCUT2D eigenvalue weighted by molar-refractivity contribution is 6.05. The van der Waals surface area contributed by atoms with Crippen molar-refractivity contribution in [2.75, 3.05) is 6.54 Å². The summed E-state index contributed by atoms with van der Waals surface area (Å²) < 4.78 is 0. The summed E-state index contributed by atoms with van der Waals surface area (Å²) in [5.74, 6) is 0.636. The largest absolute Gasteiger partial charge is 0.328 e. The Morgan fingerprint density at radius 2 is 1.71 bits per heavy atom. The fourth-order valence-corrected chi connectivity index (χ4v) is 3.31. The van der Waals surface area contributed by atoms with Crippen LogP contribution in [0.2, 0.25) is 0 Å². The van der Waals surface area contributed by atoms with Crippen LogP contribution in [0.25, 0.3) is 0 Å². The van der Waals surface area contributed by atoms with Crippen molar-refractivity contribution < 1.29 is 9.59 Å². The number of rotatable bonds is 3. The summed E-state index contributed by atoms with van der Waals surface area (Å²) in [6.45, 7) is 6.50. The number of hydrogen-bond donors (Lipinski definition) is 1. The van der Waals surface area contributed by atoms with E-state index in [0.29, 0.717) is 12.5 Å². The lowest BCUT2D eigenvalue weighted by molar-refractivity contribution is -0.144. The monoisotopic (exact) mass is 238 g/mol. The molecule has 0 aromatic rings. The molecular formula is C13H22N2O2. The summed E-state index contributed by atoms with van der Waals surface area (Å²) in [7, 11) is 0. The van der Waals surface area contributed by atoms with Gasteiger partial charge in [0.1, 0.15) is 0 Å². The molecule has 2 N–H and O–H groups in total. The van der Waals surface area contributed by atoms with E-state index < -0.39 is 0 Å². The molecule has 4 nitrogen and oxygen atoms in total. The van der Waals surface area contributed by atoms with Gasteiger partial charge >= 0.3 is 0 Å². The van der Waals surface area contributed by atoms with E-state index >= 15 is 0 Å². The molecule has 1 aliphatic carbocycles. The lowest BCUT2D eigenvalue weighted by Crippen LogP contribution is -2.48. The van der Waals surface area contributed by atoms with Gasteiger partial charge < -0.3 is 5.73 Å². The van der Waals surface area contributed by atoms with E-state index in [1.807, 2.05) is 13.8 Å². The first-order valence-electron chi connectivity index (χ1n) is 6.54. The van der Waals surface area contributed by atoms with Gasteiger partial charge in [-0.05, 0) is 24.7 Å². The zero-order chi connectivity index (χ0) is 12.7. The quantitative estimate of drug-likeness (QED) is 0.746. The van der Waals surface area contributed by atoms with Crippen LogP contribution in [0.1, 0.15) is 33.6 Å². The van der Waals surface area contributed by atoms with Crippen LogP contribution >= 0.6 is 0 Å². The molecule has 3 unspecified atom stereocenters. The lowest BCUT2D eigenvalue weighted by Gasteiger charge is -2.29. The molecule has 0 aromatic heterocycles. The summed E-state index contributed by atoms with van der Waals surface area (Å²) in [5.41, 5.74) is 5.71. The third-order valence-electron chi connectivity index (χ3n) is 4.25. The standard InChI is InChI=1S/C13H22N2O2/c1-7(2)11(6-14)15-12(16)9-4-8(3)5-10(9)13(15)17/h7-11H,4-6,14H2,1-3H3. The molecule has 0 spiro atoms. The van der Waals surface area contributed by atoms with E-state index in [9.17, 15) is 9.59 Å². The number of fused-ring (bicyclic) bond motifs is 1. The molecule has 1 saturated carbocycles. The van der Waals surface area contributed by atoms with Crippen molar-refractivity contribution in [2.45, 2.75) is 39.7 Å². The molecule has 0 aromatic carbocycles. The Morgan fingerprint density at radius 3 is 2.06 bits per heavy atom. The van der Waals surface area contributed by atoms with Crippen LogP contribution in [0.4, 0.5) is 0 Å². The number of imide groups is 1. The lowest BCUT2D eigenvalue weighted by atomic mass is 10.00. The van der Waals surface area contributed by atoms with E-state index in [4.69, 9.17) is 5.73 Å². The van der Waals surface area contributed by atoms with Crippen LogP contribution in [-0.2, 0) is 9.59 Å². The Morgan fingerprint density at radius 1 is 1.24 bits per heavy atom. The van der Waals surface area contributed by atoms with Gasteiger partial charge in [-0.15, -0.1) is 0 Å². The second kappa shape index (κ2) is 4.41. The summed E-state index contributed by atoms with van der Waals surface area (Å²) in [6, 6.07) is -0.129. The number of likely N-dealkylation sites (tertiary alicyclic amines) is 1. The fraction of sp³-hybridized carbons (Fsp3) is 0.846. The van der Waals surface area contributed by atoms with Crippen LogP contribution in [0, 0.1) is 23.7 Å². The Labute approximate surface area is 103 Å². The van der Waals surface area contributed by atoms with E-state index in [-0.39, 0.29) is 35.6 Å². The average molecular weight is 238 g/mol. The van der Waals surface area contributed by atoms with E-state index in [1.54, 1.807) is 0 Å². The minimum absolute atomic E-state index is 0.0218. The van der Waals surface area contributed by atoms with Crippen LogP contribution in [0.3, 0.4) is 0 Å². The Hall–Kier alpha value is -0.900. The maximum Gasteiger partial charge on any atom is 0.233 e. The van der Waals surface area contributed by atoms with Gasteiger partial charge in [-0.1, -0.05) is 20.8 Å². The highest BCUT2D eigenvalue weighted by atomic mass is 16.2. The van der Waals surface area contributed by atoms with E-state index in [0.717, 1.165) is 12.8 Å². The molecule has 2 fully saturated rings. The van der Waals surface area contributed by atoms with Crippen molar-refractivity contribution in [1.29, 1.82) is 0 Å². The highest BCUT2D eigenvalue weighted by Crippen LogP contribution is 2.43. The first-order valence-corrected chi connectivity index (χ1v) is 6.54. The van der Waals surface area contributed by atoms with Crippen molar-refractivity contribution in [3.63, 3.8) is 0 Å². The van der Waals surface area contributed by atoms with Crippen molar-refractivity contribution in [1.82, 2.24) is 4.90 Å². The van der Waals surface area contributed by atoms with Gasteiger partial charge in [-0.3, -0.25) is 14.5 Å². The average Bonchev–Trinajstić information content (AvgIpc) is 2.73. The van der Waals surface area contributed by atoms with Crippen molar-refractivity contribution in [3.05, 3.63) is 0 Å². The second-order valence-corrected chi connectivity index (χ2v) is 5.88. The van der Waals surface area contributed by atoms with Crippen molar-refractivity contribution in [3.8, 4) is 0 Å². The number of carbonyl (C=O) groups is 2. The second-order valence-electron chi connectivity index (χ2n) is 5.88. The predicted molar refractivity (Wildman–Crippen MR) is 64.9 cm³/mol. The molecule has 3 atom stereocenters. The first-order chi connectivity index (χ1) is 7.97. The highest BCUT2D eigenvalue weighted by Gasteiger charge is 2.53. The number of hydrogen-bond acceptors (Lipinski definition) is 3. The van der Waals surface area contributed by atoms with Gasteiger partial charge in [-0.2, -0.15) is 0 Å². The topological polar surface area (TPSA) is 63.4 Å². The molecule has 0 radical (unpaired) electrons. The fourth-order valence-electron chi connectivity index (χ4n) is 3.31. The SMILES string of the molecule is CC1CC2C(=O)N(C(CN)C(C)C)C(=O)C2C1. The summed E-state index contributed by atoms with van der Waals surface area (Å²) >= 11 is 0. The molecule has 2 aliphatic rings. The molecular weight excluding hydrogens is 216 g/mol. The van der Waals surface area contributed by atoms with Gasteiger partial charge in [0.15, 0.2) is 0 Å². The van der Waals surface area contributed by atoms with Gasteiger partial charge in [0.05, 0.1) is 17.9 Å². The normalized spacial score (nSPS) is 34.6. The zero-order valence-electron chi connectivity index (χ0n) is 10.8. The molecule has 0 bridgehead atoms. The number of nitrogens with two attached hydrogens (primary N) is 1. The molecule has 96 valence electrons. The van der Waals surface area contributed by atoms with Crippen LogP contribution in [0.5, 0.6) is 0 Å². The molecule has 1 saturated heterocycles. The number of amides is 2. The smallest absolute Gasteiger partial charge is 0.233 e. The first kappa shape index (κ1) is 12.6. The van der Waals surface area contributed by atoms with Crippen LogP contribution in [0.15, 0.2) is 0 Å². The van der Waals surface area contributed by atoms with E-state index in [1.165, 1.54) is 4.90 Å². The molecule has 1 heterocycles. The molecule has 1 aliphatic heterocycles. The number of nitrogens with zero attached hydrogens (tertiary/aromatic N) is 1. The van der Waals surface area contributed by atoms with Gasteiger partial charge in [-0.25, -0.2) is 0 Å². The van der Waals surface area contributed by atoms with Gasteiger partial charge in [0.25, 0.3) is 0 Å². The molecule has 2 rings (SSSR count). The summed E-state index contributed by atoms with van der Waals surface area (Å²) in [6.07, 6.45) is 1.72. The molecule has 4 heteroatoms. The predicted octanol–water partition coefficient (Wildman–Crippen LogP) is 1.00. The Bertz CT molecular complexity index is 316. The van der Waals surface area contributed by atoms with Crippen LogP contribution in [-0.4, -0.2) is 29.3 Å². The minimum atomic E-state index is -0.129. The summed E-state index contributed by atoms with van der Waals surface area (Å²) in [4.78, 5) is 26.1. The third kappa shape index (κ3) is 1.88. The van der Waals surface area contributed by atoms with Gasteiger partial charge in [0.2, 0.25) is 11.8 Å². The van der Waals surface area contributed by atoms with Crippen molar-refractivity contribution in [2.24, 2.45) is 29.4 Å². The van der Waals surface area contributed by atoms with Gasteiger partial charge in [0, 0.05) is 6.54 Å². The Kier molecular flexibility index (Phi) is 3.25. The Balaban J connectivity index is 2.22. The zero-order valence-corrected chi connectivity index (χ0v) is 10.8. The minimum Gasteiger partial charge on any atom is -0.328 e. The number of carbonyl (C=O) groups excluding carboxylic acids is 2. The summed E-state index contributed by atoms with van der Waals surface area (Å²) in [5, 5.41) is 0. The molecule has 2 amide bonds. The maximum atomic E-state index is 12.3. The third-order valence-corrected chi connectivity index (χ3v) is 4.25. The van der Waals surface area contributed by atoms with Crippen LogP contribution < -0.4 is 5.73 Å². The molecule has 17 heavy (non-hydrogen) atoms.